The molecule has 9 heteroatoms. The summed E-state index contributed by atoms with van der Waals surface area (Å²) < 4.78 is 5.25. The van der Waals surface area contributed by atoms with Gasteiger partial charge in [-0.25, -0.2) is 4.98 Å². The van der Waals surface area contributed by atoms with Crippen molar-refractivity contribution in [2.24, 2.45) is 0 Å². The number of thioether (sulfide) groups is 1. The van der Waals surface area contributed by atoms with Crippen molar-refractivity contribution in [1.29, 1.82) is 0 Å². The van der Waals surface area contributed by atoms with Crippen LogP contribution in [0.3, 0.4) is 0 Å². The second kappa shape index (κ2) is 9.13. The van der Waals surface area contributed by atoms with E-state index in [-0.39, 0.29) is 18.1 Å². The van der Waals surface area contributed by atoms with Gasteiger partial charge in [0.05, 0.1) is 16.8 Å². The van der Waals surface area contributed by atoms with Gasteiger partial charge in [-0.3, -0.25) is 9.59 Å². The average molecular weight is 436 g/mol. The number of hydrogen-bond donors (Lipinski definition) is 2. The van der Waals surface area contributed by atoms with Crippen LogP contribution in [-0.4, -0.2) is 31.8 Å². The Morgan fingerprint density at radius 1 is 1.16 bits per heavy atom. The maximum atomic E-state index is 12.2. The van der Waals surface area contributed by atoms with Crippen LogP contribution in [0.25, 0.3) is 11.0 Å². The van der Waals surface area contributed by atoms with Gasteiger partial charge in [-0.1, -0.05) is 35.1 Å². The number of imidazole rings is 1. The number of ketones is 1. The zero-order chi connectivity index (χ0) is 21.8. The van der Waals surface area contributed by atoms with Crippen LogP contribution in [0.2, 0.25) is 0 Å². The molecule has 2 aromatic heterocycles. The lowest BCUT2D eigenvalue weighted by Gasteiger charge is -2.05. The largest absolute Gasteiger partial charge is 0.339 e. The van der Waals surface area contributed by atoms with Crippen LogP contribution in [0.15, 0.2) is 52.1 Å². The van der Waals surface area contributed by atoms with E-state index >= 15 is 0 Å². The van der Waals surface area contributed by atoms with Gasteiger partial charge in [0.2, 0.25) is 11.8 Å². The predicted molar refractivity (Wildman–Crippen MR) is 118 cm³/mol. The molecular weight excluding hydrogens is 414 g/mol. The van der Waals surface area contributed by atoms with E-state index in [1.165, 1.54) is 24.2 Å². The maximum Gasteiger partial charge on any atom is 0.227 e. The van der Waals surface area contributed by atoms with Crippen LogP contribution in [0.4, 0.5) is 5.69 Å². The SMILES string of the molecule is CC(=O)c1cccc(NC(=O)CCc2nc(CSc3nc4ccc(C)cc4[nH]3)no2)c1. The molecule has 2 N–H and O–H groups in total. The van der Waals surface area contributed by atoms with Crippen molar-refractivity contribution in [2.75, 3.05) is 5.32 Å². The molecule has 0 unspecified atom stereocenters. The number of amides is 1. The summed E-state index contributed by atoms with van der Waals surface area (Å²) in [5, 5.41) is 7.55. The molecule has 0 atom stereocenters. The highest BCUT2D eigenvalue weighted by molar-refractivity contribution is 7.98. The second-order valence-electron chi connectivity index (χ2n) is 7.14. The summed E-state index contributed by atoms with van der Waals surface area (Å²) in [6.07, 6.45) is 0.530. The monoisotopic (exact) mass is 435 g/mol. The van der Waals surface area contributed by atoms with Crippen molar-refractivity contribution in [1.82, 2.24) is 20.1 Å². The first-order valence-corrected chi connectivity index (χ1v) is 10.8. The van der Waals surface area contributed by atoms with Crippen LogP contribution in [0.1, 0.15) is 41.0 Å². The number of aromatic nitrogens is 4. The number of Topliss-reactive ketones (excluding diaryl/α,β-unsaturated/α-hetero) is 1. The number of anilines is 1. The summed E-state index contributed by atoms with van der Waals surface area (Å²) in [7, 11) is 0. The Hall–Kier alpha value is -3.46. The fourth-order valence-corrected chi connectivity index (χ4v) is 3.74. The van der Waals surface area contributed by atoms with Gasteiger partial charge in [0.15, 0.2) is 16.8 Å². The Morgan fingerprint density at radius 2 is 2.03 bits per heavy atom. The highest BCUT2D eigenvalue weighted by atomic mass is 32.2. The van der Waals surface area contributed by atoms with E-state index < -0.39 is 0 Å². The molecule has 4 aromatic rings. The second-order valence-corrected chi connectivity index (χ2v) is 8.10. The molecule has 0 spiro atoms. The third-order valence-corrected chi connectivity index (χ3v) is 5.45. The molecule has 0 saturated carbocycles. The summed E-state index contributed by atoms with van der Waals surface area (Å²) in [6.45, 7) is 3.53. The molecule has 8 nitrogen and oxygen atoms in total. The first kappa shape index (κ1) is 20.8. The van der Waals surface area contributed by atoms with Crippen LogP contribution >= 0.6 is 11.8 Å². The fraction of sp³-hybridized carbons (Fsp3) is 0.227. The Labute approximate surface area is 182 Å². The first-order chi connectivity index (χ1) is 15.0. The standard InChI is InChI=1S/C22H21N5O3S/c1-13-6-7-17-18(10-13)25-22(24-17)31-12-19-26-21(30-27-19)9-8-20(29)23-16-5-3-4-15(11-16)14(2)28/h3-7,10-11H,8-9,12H2,1-2H3,(H,23,29)(H,24,25). The minimum Gasteiger partial charge on any atom is -0.339 e. The molecule has 1 amide bonds. The summed E-state index contributed by atoms with van der Waals surface area (Å²) in [5.74, 6) is 1.22. The Kier molecular flexibility index (Phi) is 6.13. The summed E-state index contributed by atoms with van der Waals surface area (Å²) in [6, 6.07) is 12.9. The molecule has 2 aromatic carbocycles. The van der Waals surface area contributed by atoms with Crippen molar-refractivity contribution in [2.45, 2.75) is 37.6 Å². The van der Waals surface area contributed by atoms with Crippen LogP contribution < -0.4 is 5.32 Å². The van der Waals surface area contributed by atoms with Crippen molar-refractivity contribution in [3.63, 3.8) is 0 Å². The first-order valence-electron chi connectivity index (χ1n) is 9.78. The van der Waals surface area contributed by atoms with Gasteiger partial charge in [0.1, 0.15) is 0 Å². The molecule has 0 aliphatic heterocycles. The number of aryl methyl sites for hydroxylation is 2. The predicted octanol–water partition coefficient (Wildman–Crippen LogP) is 4.32. The minimum atomic E-state index is -0.188. The lowest BCUT2D eigenvalue weighted by Crippen LogP contribution is -2.12. The van der Waals surface area contributed by atoms with Crippen molar-refractivity contribution in [3.05, 3.63) is 65.3 Å². The van der Waals surface area contributed by atoms with Gasteiger partial charge in [0, 0.05) is 24.1 Å². The van der Waals surface area contributed by atoms with Gasteiger partial charge in [-0.05, 0) is 43.7 Å². The lowest BCUT2D eigenvalue weighted by atomic mass is 10.1. The number of nitrogens with zero attached hydrogens (tertiary/aromatic N) is 3. The molecule has 2 heterocycles. The van der Waals surface area contributed by atoms with Gasteiger partial charge in [-0.15, -0.1) is 0 Å². The number of hydrogen-bond acceptors (Lipinski definition) is 7. The summed E-state index contributed by atoms with van der Waals surface area (Å²) >= 11 is 1.49. The number of fused-ring (bicyclic) bond motifs is 1. The molecule has 31 heavy (non-hydrogen) atoms. The van der Waals surface area contributed by atoms with Crippen LogP contribution in [-0.2, 0) is 17.0 Å². The van der Waals surface area contributed by atoms with Gasteiger partial charge >= 0.3 is 0 Å². The molecule has 158 valence electrons. The fourth-order valence-electron chi connectivity index (χ4n) is 3.01. The quantitative estimate of drug-likeness (QED) is 0.313. The van der Waals surface area contributed by atoms with E-state index in [1.807, 2.05) is 19.1 Å². The Balaban J connectivity index is 1.28. The Morgan fingerprint density at radius 3 is 2.87 bits per heavy atom. The topological polar surface area (TPSA) is 114 Å². The van der Waals surface area contributed by atoms with E-state index in [9.17, 15) is 9.59 Å². The van der Waals surface area contributed by atoms with E-state index in [0.29, 0.717) is 35.1 Å². The molecule has 0 fully saturated rings. The number of nitrogens with one attached hydrogen (secondary N) is 2. The molecule has 4 rings (SSSR count). The highest BCUT2D eigenvalue weighted by Crippen LogP contribution is 2.23. The van der Waals surface area contributed by atoms with Crippen LogP contribution in [0.5, 0.6) is 0 Å². The van der Waals surface area contributed by atoms with Gasteiger partial charge in [0.25, 0.3) is 0 Å². The molecule has 0 saturated heterocycles. The average Bonchev–Trinajstić information content (AvgIpc) is 3.37. The molecule has 0 radical (unpaired) electrons. The van der Waals surface area contributed by atoms with Crippen LogP contribution in [0, 0.1) is 6.92 Å². The number of benzene rings is 2. The van der Waals surface area contributed by atoms with Gasteiger partial charge < -0.3 is 14.8 Å². The zero-order valence-electron chi connectivity index (χ0n) is 17.1. The maximum absolute atomic E-state index is 12.2. The third-order valence-electron chi connectivity index (χ3n) is 4.58. The molecule has 0 bridgehead atoms. The number of aromatic amines is 1. The highest BCUT2D eigenvalue weighted by Gasteiger charge is 2.12. The van der Waals surface area contributed by atoms with E-state index in [0.717, 1.165) is 16.2 Å². The van der Waals surface area contributed by atoms with Crippen molar-refractivity contribution < 1.29 is 14.1 Å². The van der Waals surface area contributed by atoms with E-state index in [1.54, 1.807) is 24.3 Å². The molecule has 0 aliphatic carbocycles. The Bertz CT molecular complexity index is 1250. The summed E-state index contributed by atoms with van der Waals surface area (Å²) in [4.78, 5) is 35.8. The zero-order valence-corrected chi connectivity index (χ0v) is 18.0. The van der Waals surface area contributed by atoms with Crippen molar-refractivity contribution in [3.8, 4) is 0 Å². The lowest BCUT2D eigenvalue weighted by molar-refractivity contribution is -0.116. The summed E-state index contributed by atoms with van der Waals surface area (Å²) in [5.41, 5.74) is 4.22. The van der Waals surface area contributed by atoms with E-state index in [2.05, 4.69) is 31.5 Å². The van der Waals surface area contributed by atoms with Crippen molar-refractivity contribution >= 4 is 40.2 Å². The van der Waals surface area contributed by atoms with Gasteiger partial charge in [-0.2, -0.15) is 4.98 Å². The number of rotatable bonds is 8. The number of carbonyl (C=O) groups excluding carboxylic acids is 2. The smallest absolute Gasteiger partial charge is 0.227 e. The van der Waals surface area contributed by atoms with E-state index in [4.69, 9.17) is 4.52 Å². The number of carbonyl (C=O) groups is 2. The third kappa shape index (κ3) is 5.37. The number of H-pyrrole nitrogens is 1. The molecule has 0 aliphatic rings. The minimum absolute atomic E-state index is 0.0508. The normalized spacial score (nSPS) is 11.0. The molecular formula is C22H21N5O3S.